The molecule has 0 aliphatic heterocycles. The van der Waals surface area contributed by atoms with Gasteiger partial charge in [0, 0.05) is 35.4 Å². The molecule has 116 valence electrons. The number of aromatic amines is 1. The van der Waals surface area contributed by atoms with Crippen LogP contribution in [0.15, 0.2) is 79.3 Å². The number of nitrogens with zero attached hydrogens (tertiary/aromatic N) is 1. The van der Waals surface area contributed by atoms with Crippen LogP contribution in [0.2, 0.25) is 0 Å². The second kappa shape index (κ2) is 6.01. The summed E-state index contributed by atoms with van der Waals surface area (Å²) in [6.07, 6.45) is 5.26. The number of amides is 1. The van der Waals surface area contributed by atoms with E-state index in [1.54, 1.807) is 12.4 Å². The molecule has 0 bridgehead atoms. The first-order valence-corrected chi connectivity index (χ1v) is 7.68. The van der Waals surface area contributed by atoms with Gasteiger partial charge in [0.2, 0.25) is 0 Å². The lowest BCUT2D eigenvalue weighted by atomic mass is 10.0. The van der Waals surface area contributed by atoms with Gasteiger partial charge in [0.15, 0.2) is 0 Å². The number of carbonyl (C=O) groups is 1. The number of pyridine rings is 1. The third-order valence-electron chi connectivity index (χ3n) is 3.92. The molecule has 0 saturated carbocycles. The average Bonchev–Trinajstić information content (AvgIpc) is 3.10. The van der Waals surface area contributed by atoms with Gasteiger partial charge in [-0.25, -0.2) is 0 Å². The Kier molecular flexibility index (Phi) is 3.56. The Morgan fingerprint density at radius 2 is 1.79 bits per heavy atom. The van der Waals surface area contributed by atoms with Gasteiger partial charge in [0.05, 0.1) is 5.56 Å². The van der Waals surface area contributed by atoms with Crippen LogP contribution in [0.5, 0.6) is 0 Å². The Balaban J connectivity index is 1.64. The van der Waals surface area contributed by atoms with Crippen molar-refractivity contribution >= 4 is 22.5 Å². The van der Waals surface area contributed by atoms with Crippen LogP contribution >= 0.6 is 0 Å². The van der Waals surface area contributed by atoms with E-state index < -0.39 is 0 Å². The molecule has 0 spiro atoms. The number of fused-ring (bicyclic) bond motifs is 1. The molecule has 4 rings (SSSR count). The summed E-state index contributed by atoms with van der Waals surface area (Å²) in [4.78, 5) is 19.8. The van der Waals surface area contributed by atoms with E-state index in [4.69, 9.17) is 0 Å². The fourth-order valence-corrected chi connectivity index (χ4v) is 2.68. The number of H-pyrrole nitrogens is 1. The minimum absolute atomic E-state index is 0.168. The first-order valence-electron chi connectivity index (χ1n) is 7.68. The van der Waals surface area contributed by atoms with Crippen molar-refractivity contribution in [2.24, 2.45) is 0 Å². The maximum atomic E-state index is 12.4. The van der Waals surface area contributed by atoms with Gasteiger partial charge in [0.25, 0.3) is 5.91 Å². The van der Waals surface area contributed by atoms with Crippen molar-refractivity contribution < 1.29 is 4.79 Å². The maximum Gasteiger partial charge on any atom is 0.257 e. The summed E-state index contributed by atoms with van der Waals surface area (Å²) < 4.78 is 0. The molecule has 4 aromatic rings. The Morgan fingerprint density at radius 3 is 2.67 bits per heavy atom. The molecule has 0 aliphatic carbocycles. The van der Waals surface area contributed by atoms with Gasteiger partial charge in [-0.3, -0.25) is 9.78 Å². The van der Waals surface area contributed by atoms with Crippen LogP contribution in [0.25, 0.3) is 22.0 Å². The van der Waals surface area contributed by atoms with E-state index in [1.807, 2.05) is 60.8 Å². The van der Waals surface area contributed by atoms with Crippen molar-refractivity contribution in [3.05, 3.63) is 84.8 Å². The number of benzene rings is 2. The molecule has 24 heavy (non-hydrogen) atoms. The van der Waals surface area contributed by atoms with Gasteiger partial charge < -0.3 is 10.3 Å². The molecule has 0 fully saturated rings. The van der Waals surface area contributed by atoms with E-state index in [0.717, 1.165) is 27.7 Å². The summed E-state index contributed by atoms with van der Waals surface area (Å²) >= 11 is 0. The zero-order valence-corrected chi connectivity index (χ0v) is 12.9. The summed E-state index contributed by atoms with van der Waals surface area (Å²) in [5, 5.41) is 4.01. The predicted octanol–water partition coefficient (Wildman–Crippen LogP) is 4.48. The van der Waals surface area contributed by atoms with Crippen molar-refractivity contribution in [3.8, 4) is 11.1 Å². The number of hydrogen-bond donors (Lipinski definition) is 2. The molecule has 0 radical (unpaired) electrons. The second-order valence-electron chi connectivity index (χ2n) is 5.56. The minimum atomic E-state index is -0.168. The number of hydrogen-bond acceptors (Lipinski definition) is 2. The molecule has 2 N–H and O–H groups in total. The first-order chi connectivity index (χ1) is 11.8. The number of aromatic nitrogens is 2. The number of nitrogens with one attached hydrogen (secondary N) is 2. The van der Waals surface area contributed by atoms with Gasteiger partial charge >= 0.3 is 0 Å². The fourth-order valence-electron chi connectivity index (χ4n) is 2.68. The van der Waals surface area contributed by atoms with Crippen LogP contribution in [0.4, 0.5) is 5.69 Å². The second-order valence-corrected chi connectivity index (χ2v) is 5.56. The van der Waals surface area contributed by atoms with Crippen LogP contribution in [0.1, 0.15) is 10.4 Å². The van der Waals surface area contributed by atoms with Gasteiger partial charge in [0.1, 0.15) is 0 Å². The van der Waals surface area contributed by atoms with Crippen molar-refractivity contribution in [2.75, 3.05) is 5.32 Å². The number of rotatable bonds is 3. The summed E-state index contributed by atoms with van der Waals surface area (Å²) in [7, 11) is 0. The summed E-state index contributed by atoms with van der Waals surface area (Å²) in [6, 6.07) is 19.4. The predicted molar refractivity (Wildman–Crippen MR) is 95.9 cm³/mol. The zero-order chi connectivity index (χ0) is 16.4. The number of carbonyl (C=O) groups excluding carboxylic acids is 1. The van der Waals surface area contributed by atoms with Crippen LogP contribution in [-0.2, 0) is 0 Å². The van der Waals surface area contributed by atoms with Gasteiger partial charge in [-0.15, -0.1) is 0 Å². The summed E-state index contributed by atoms with van der Waals surface area (Å²) in [5.74, 6) is -0.168. The monoisotopic (exact) mass is 313 g/mol. The highest BCUT2D eigenvalue weighted by Crippen LogP contribution is 2.24. The third kappa shape index (κ3) is 2.77. The van der Waals surface area contributed by atoms with E-state index in [9.17, 15) is 4.79 Å². The Labute approximate surface area is 139 Å². The lowest BCUT2D eigenvalue weighted by molar-refractivity contribution is 0.102. The van der Waals surface area contributed by atoms with E-state index >= 15 is 0 Å². The zero-order valence-electron chi connectivity index (χ0n) is 12.9. The largest absolute Gasteiger partial charge is 0.361 e. The maximum absolute atomic E-state index is 12.4. The van der Waals surface area contributed by atoms with Gasteiger partial charge in [-0.1, -0.05) is 24.3 Å². The van der Waals surface area contributed by atoms with Crippen molar-refractivity contribution in [1.29, 1.82) is 0 Å². The third-order valence-corrected chi connectivity index (χ3v) is 3.92. The van der Waals surface area contributed by atoms with E-state index in [-0.39, 0.29) is 5.91 Å². The smallest absolute Gasteiger partial charge is 0.257 e. The van der Waals surface area contributed by atoms with Gasteiger partial charge in [-0.05, 0) is 47.3 Å². The highest BCUT2D eigenvalue weighted by molar-refractivity contribution is 6.04. The molecule has 0 unspecified atom stereocenters. The van der Waals surface area contributed by atoms with Crippen LogP contribution in [0, 0.1) is 0 Å². The van der Waals surface area contributed by atoms with Crippen LogP contribution in [0.3, 0.4) is 0 Å². The van der Waals surface area contributed by atoms with E-state index in [1.165, 1.54) is 0 Å². The summed E-state index contributed by atoms with van der Waals surface area (Å²) in [5.41, 5.74) is 4.33. The molecule has 0 aliphatic rings. The quantitative estimate of drug-likeness (QED) is 0.586. The molecule has 1 amide bonds. The van der Waals surface area contributed by atoms with Crippen molar-refractivity contribution in [1.82, 2.24) is 9.97 Å². The lowest BCUT2D eigenvalue weighted by Gasteiger charge is -2.07. The Morgan fingerprint density at radius 1 is 0.917 bits per heavy atom. The Hall–Kier alpha value is -3.40. The molecule has 0 atom stereocenters. The molecule has 2 aromatic carbocycles. The molecule has 2 heterocycles. The Bertz CT molecular complexity index is 1010. The average molecular weight is 313 g/mol. The van der Waals surface area contributed by atoms with E-state index in [0.29, 0.717) is 5.56 Å². The number of anilines is 1. The fraction of sp³-hybridized carbons (Fsp3) is 0. The first kappa shape index (κ1) is 14.2. The standard InChI is InChI=1S/C20H15N3O/c24-20(23-18-4-2-1-3-5-18)17-11-16(12-21-13-17)14-6-7-19-15(10-14)8-9-22-19/h1-13,22H,(H,23,24). The van der Waals surface area contributed by atoms with Crippen LogP contribution < -0.4 is 5.32 Å². The molecular formula is C20H15N3O. The SMILES string of the molecule is O=C(Nc1ccccc1)c1cncc(-c2ccc3[nH]ccc3c2)c1. The van der Waals surface area contributed by atoms with E-state index in [2.05, 4.69) is 21.4 Å². The highest BCUT2D eigenvalue weighted by atomic mass is 16.1. The minimum Gasteiger partial charge on any atom is -0.361 e. The molecular weight excluding hydrogens is 298 g/mol. The number of para-hydroxylation sites is 1. The summed E-state index contributed by atoms with van der Waals surface area (Å²) in [6.45, 7) is 0. The topological polar surface area (TPSA) is 57.8 Å². The lowest BCUT2D eigenvalue weighted by Crippen LogP contribution is -2.12. The van der Waals surface area contributed by atoms with Gasteiger partial charge in [-0.2, -0.15) is 0 Å². The highest BCUT2D eigenvalue weighted by Gasteiger charge is 2.09. The molecule has 0 saturated heterocycles. The van der Waals surface area contributed by atoms with Crippen molar-refractivity contribution in [3.63, 3.8) is 0 Å². The van der Waals surface area contributed by atoms with Crippen LogP contribution in [-0.4, -0.2) is 15.9 Å². The molecule has 4 nitrogen and oxygen atoms in total. The molecule has 2 aromatic heterocycles. The normalized spacial score (nSPS) is 10.7. The molecule has 4 heteroatoms. The van der Waals surface area contributed by atoms with Crippen molar-refractivity contribution in [2.45, 2.75) is 0 Å².